The summed E-state index contributed by atoms with van der Waals surface area (Å²) < 4.78 is 0. The number of carbonyl (C=O) groups is 1. The van der Waals surface area contributed by atoms with Crippen molar-refractivity contribution in [3.05, 3.63) is 28.8 Å². The van der Waals surface area contributed by atoms with E-state index < -0.39 is 12.0 Å². The van der Waals surface area contributed by atoms with Crippen molar-refractivity contribution in [2.24, 2.45) is 5.73 Å². The van der Waals surface area contributed by atoms with E-state index in [9.17, 15) is 9.90 Å². The second kappa shape index (κ2) is 4.31. The van der Waals surface area contributed by atoms with E-state index in [2.05, 4.69) is 0 Å². The van der Waals surface area contributed by atoms with E-state index in [-0.39, 0.29) is 12.2 Å². The second-order valence-corrected chi connectivity index (χ2v) is 3.71. The molecular formula is C11H15NO3. The minimum Gasteiger partial charge on any atom is -0.508 e. The van der Waals surface area contributed by atoms with Crippen molar-refractivity contribution in [1.82, 2.24) is 0 Å². The average Bonchev–Trinajstić information content (AvgIpc) is 2.13. The van der Waals surface area contributed by atoms with E-state index in [4.69, 9.17) is 10.8 Å². The molecule has 0 radical (unpaired) electrons. The molecule has 1 aromatic carbocycles. The van der Waals surface area contributed by atoms with Crippen molar-refractivity contribution in [2.75, 3.05) is 0 Å². The largest absolute Gasteiger partial charge is 0.508 e. The summed E-state index contributed by atoms with van der Waals surface area (Å²) in [5, 5.41) is 18.2. The first-order valence-electron chi connectivity index (χ1n) is 4.69. The van der Waals surface area contributed by atoms with E-state index in [1.807, 2.05) is 13.8 Å². The number of benzene rings is 1. The van der Waals surface area contributed by atoms with Gasteiger partial charge in [0.15, 0.2) is 0 Å². The molecule has 0 saturated carbocycles. The Kier molecular flexibility index (Phi) is 3.31. The molecule has 15 heavy (non-hydrogen) atoms. The third-order valence-corrected chi connectivity index (χ3v) is 2.45. The molecule has 0 aliphatic carbocycles. The lowest BCUT2D eigenvalue weighted by atomic mass is 10.00. The standard InChI is InChI=1S/C11H15NO3/c1-6-3-8(5-9(12)11(14)15)10(13)4-7(6)2/h3-4,9,13H,5,12H2,1-2H3,(H,14,15). The molecular weight excluding hydrogens is 194 g/mol. The van der Waals surface area contributed by atoms with Gasteiger partial charge in [0.05, 0.1) is 0 Å². The van der Waals surface area contributed by atoms with Gasteiger partial charge in [-0.3, -0.25) is 4.79 Å². The third kappa shape index (κ3) is 2.70. The van der Waals surface area contributed by atoms with Crippen molar-refractivity contribution in [2.45, 2.75) is 26.3 Å². The van der Waals surface area contributed by atoms with E-state index in [1.165, 1.54) is 0 Å². The molecule has 0 bridgehead atoms. The van der Waals surface area contributed by atoms with Gasteiger partial charge in [-0.1, -0.05) is 6.07 Å². The quantitative estimate of drug-likeness (QED) is 0.692. The Morgan fingerprint density at radius 3 is 2.47 bits per heavy atom. The number of nitrogens with two attached hydrogens (primary N) is 1. The Hall–Kier alpha value is -1.55. The number of carboxylic acids is 1. The molecule has 0 heterocycles. The van der Waals surface area contributed by atoms with Crippen LogP contribution in [0.15, 0.2) is 12.1 Å². The molecule has 0 amide bonds. The summed E-state index contributed by atoms with van der Waals surface area (Å²) in [5.74, 6) is -0.956. The Morgan fingerprint density at radius 1 is 1.40 bits per heavy atom. The Balaban J connectivity index is 2.95. The van der Waals surface area contributed by atoms with Gasteiger partial charge in [-0.25, -0.2) is 0 Å². The molecule has 4 nitrogen and oxygen atoms in total. The van der Waals surface area contributed by atoms with Crippen LogP contribution in [0.5, 0.6) is 5.75 Å². The highest BCUT2D eigenvalue weighted by molar-refractivity contribution is 5.73. The predicted molar refractivity (Wildman–Crippen MR) is 56.9 cm³/mol. The number of carboxylic acid groups (broad SMARTS) is 1. The number of rotatable bonds is 3. The van der Waals surface area contributed by atoms with Crippen LogP contribution in [-0.4, -0.2) is 22.2 Å². The number of phenols is 1. The van der Waals surface area contributed by atoms with Crippen LogP contribution in [0.25, 0.3) is 0 Å². The van der Waals surface area contributed by atoms with Crippen LogP contribution in [0, 0.1) is 13.8 Å². The van der Waals surface area contributed by atoms with Gasteiger partial charge >= 0.3 is 5.97 Å². The summed E-state index contributed by atoms with van der Waals surface area (Å²) >= 11 is 0. The van der Waals surface area contributed by atoms with Gasteiger partial charge in [-0.05, 0) is 36.6 Å². The number of aliphatic carboxylic acids is 1. The Morgan fingerprint density at radius 2 is 1.93 bits per heavy atom. The number of aryl methyl sites for hydroxylation is 2. The maximum absolute atomic E-state index is 10.6. The fourth-order valence-electron chi connectivity index (χ4n) is 1.35. The lowest BCUT2D eigenvalue weighted by molar-refractivity contribution is -0.138. The van der Waals surface area contributed by atoms with Crippen LogP contribution < -0.4 is 5.73 Å². The topological polar surface area (TPSA) is 83.5 Å². The van der Waals surface area contributed by atoms with Crippen molar-refractivity contribution < 1.29 is 15.0 Å². The van der Waals surface area contributed by atoms with Crippen molar-refractivity contribution in [1.29, 1.82) is 0 Å². The maximum Gasteiger partial charge on any atom is 0.320 e. The van der Waals surface area contributed by atoms with Crippen LogP contribution in [0.2, 0.25) is 0 Å². The summed E-state index contributed by atoms with van der Waals surface area (Å²) in [5.41, 5.74) is 7.96. The first-order chi connectivity index (χ1) is 6.91. The summed E-state index contributed by atoms with van der Waals surface area (Å²) in [7, 11) is 0. The van der Waals surface area contributed by atoms with Gasteiger partial charge in [0, 0.05) is 6.42 Å². The molecule has 0 aliphatic rings. The molecule has 4 heteroatoms. The van der Waals surface area contributed by atoms with Crippen LogP contribution >= 0.6 is 0 Å². The van der Waals surface area contributed by atoms with E-state index >= 15 is 0 Å². The second-order valence-electron chi connectivity index (χ2n) is 3.71. The molecule has 1 aromatic rings. The summed E-state index contributed by atoms with van der Waals surface area (Å²) in [4.78, 5) is 10.6. The highest BCUT2D eigenvalue weighted by Crippen LogP contribution is 2.22. The fraction of sp³-hybridized carbons (Fsp3) is 0.364. The van der Waals surface area contributed by atoms with Crippen LogP contribution in [-0.2, 0) is 11.2 Å². The molecule has 0 fully saturated rings. The highest BCUT2D eigenvalue weighted by atomic mass is 16.4. The van der Waals surface area contributed by atoms with Gasteiger partial charge in [0.2, 0.25) is 0 Å². The summed E-state index contributed by atoms with van der Waals surface area (Å²) in [6, 6.07) is 2.42. The van der Waals surface area contributed by atoms with E-state index in [0.29, 0.717) is 5.56 Å². The lowest BCUT2D eigenvalue weighted by Crippen LogP contribution is -2.32. The molecule has 82 valence electrons. The molecule has 4 N–H and O–H groups in total. The van der Waals surface area contributed by atoms with Gasteiger partial charge in [-0.2, -0.15) is 0 Å². The summed E-state index contributed by atoms with van der Waals surface area (Å²) in [6.45, 7) is 3.79. The summed E-state index contributed by atoms with van der Waals surface area (Å²) in [6.07, 6.45) is 0.141. The van der Waals surface area contributed by atoms with Crippen LogP contribution in [0.4, 0.5) is 0 Å². The van der Waals surface area contributed by atoms with Crippen molar-refractivity contribution in [3.8, 4) is 5.75 Å². The highest BCUT2D eigenvalue weighted by Gasteiger charge is 2.15. The maximum atomic E-state index is 10.6. The zero-order chi connectivity index (χ0) is 11.6. The van der Waals surface area contributed by atoms with Gasteiger partial charge in [-0.15, -0.1) is 0 Å². The first kappa shape index (κ1) is 11.5. The number of hydrogen-bond donors (Lipinski definition) is 3. The fourth-order valence-corrected chi connectivity index (χ4v) is 1.35. The predicted octanol–water partition coefficient (Wildman–Crippen LogP) is 0.963. The van der Waals surface area contributed by atoms with Gasteiger partial charge < -0.3 is 15.9 Å². The average molecular weight is 209 g/mol. The third-order valence-electron chi connectivity index (χ3n) is 2.45. The van der Waals surface area contributed by atoms with Crippen LogP contribution in [0.3, 0.4) is 0 Å². The van der Waals surface area contributed by atoms with E-state index in [1.54, 1.807) is 12.1 Å². The Labute approximate surface area is 88.3 Å². The minimum absolute atomic E-state index is 0.106. The number of phenolic OH excluding ortho intramolecular Hbond substituents is 1. The number of aromatic hydroxyl groups is 1. The molecule has 0 aromatic heterocycles. The van der Waals surface area contributed by atoms with Crippen molar-refractivity contribution in [3.63, 3.8) is 0 Å². The molecule has 1 unspecified atom stereocenters. The zero-order valence-corrected chi connectivity index (χ0v) is 8.82. The van der Waals surface area contributed by atoms with E-state index in [0.717, 1.165) is 11.1 Å². The monoisotopic (exact) mass is 209 g/mol. The molecule has 1 atom stereocenters. The smallest absolute Gasteiger partial charge is 0.320 e. The van der Waals surface area contributed by atoms with Crippen molar-refractivity contribution >= 4 is 5.97 Å². The lowest BCUT2D eigenvalue weighted by Gasteiger charge is -2.10. The molecule has 0 saturated heterocycles. The van der Waals surface area contributed by atoms with Gasteiger partial charge in [0.1, 0.15) is 11.8 Å². The normalized spacial score (nSPS) is 12.5. The zero-order valence-electron chi connectivity index (χ0n) is 8.82. The minimum atomic E-state index is -1.06. The molecule has 1 rings (SSSR count). The van der Waals surface area contributed by atoms with Gasteiger partial charge in [0.25, 0.3) is 0 Å². The molecule has 0 aliphatic heterocycles. The SMILES string of the molecule is Cc1cc(O)c(CC(N)C(=O)O)cc1C. The Bertz CT molecular complexity index is 388. The number of hydrogen-bond acceptors (Lipinski definition) is 3. The first-order valence-corrected chi connectivity index (χ1v) is 4.69. The van der Waals surface area contributed by atoms with Crippen LogP contribution in [0.1, 0.15) is 16.7 Å². The molecule has 0 spiro atoms.